The summed E-state index contributed by atoms with van der Waals surface area (Å²) in [6, 6.07) is 0. The van der Waals surface area contributed by atoms with E-state index in [1.54, 1.807) is 0 Å². The van der Waals surface area contributed by atoms with Gasteiger partial charge in [0, 0.05) is 19.4 Å². The van der Waals surface area contributed by atoms with Crippen LogP contribution in [0.15, 0.2) is 72.9 Å². The predicted octanol–water partition coefficient (Wildman–Crippen LogP) is 16.3. The van der Waals surface area contributed by atoms with Crippen molar-refractivity contribution in [2.75, 3.05) is 19.8 Å². The van der Waals surface area contributed by atoms with Gasteiger partial charge in [-0.2, -0.15) is 0 Å². The Labute approximate surface area is 359 Å². The van der Waals surface area contributed by atoms with Crippen molar-refractivity contribution >= 4 is 11.9 Å². The minimum atomic E-state index is -0.559. The maximum atomic E-state index is 12.8. The Hall–Kier alpha value is -2.66. The van der Waals surface area contributed by atoms with Gasteiger partial charge in [-0.25, -0.2) is 0 Å². The Morgan fingerprint density at radius 3 is 1.31 bits per heavy atom. The molecule has 58 heavy (non-hydrogen) atoms. The molecule has 5 nitrogen and oxygen atoms in total. The van der Waals surface area contributed by atoms with Crippen molar-refractivity contribution in [2.45, 2.75) is 232 Å². The molecule has 0 aliphatic carbocycles. The van der Waals surface area contributed by atoms with E-state index in [-0.39, 0.29) is 25.2 Å². The lowest BCUT2D eigenvalue weighted by Gasteiger charge is -2.18. The molecule has 0 amide bonds. The summed E-state index contributed by atoms with van der Waals surface area (Å²) in [5.41, 5.74) is 0. The number of hydrogen-bond donors (Lipinski definition) is 0. The summed E-state index contributed by atoms with van der Waals surface area (Å²) < 4.78 is 17.3. The lowest BCUT2D eigenvalue weighted by molar-refractivity contribution is -0.163. The molecule has 0 heterocycles. The van der Waals surface area contributed by atoms with Crippen LogP contribution >= 0.6 is 0 Å². The fourth-order valence-corrected chi connectivity index (χ4v) is 6.55. The summed E-state index contributed by atoms with van der Waals surface area (Å²) in [5.74, 6) is -0.448. The number of ether oxygens (including phenoxy) is 3. The van der Waals surface area contributed by atoms with Crippen molar-refractivity contribution < 1.29 is 23.8 Å². The van der Waals surface area contributed by atoms with Gasteiger partial charge in [-0.05, 0) is 109 Å². The van der Waals surface area contributed by atoms with Crippen molar-refractivity contribution in [1.82, 2.24) is 0 Å². The number of rotatable bonds is 44. The van der Waals surface area contributed by atoms with Crippen LogP contribution in [-0.4, -0.2) is 37.9 Å². The van der Waals surface area contributed by atoms with Gasteiger partial charge in [-0.15, -0.1) is 0 Å². The summed E-state index contributed by atoms with van der Waals surface area (Å²) in [6.07, 6.45) is 61.9. The number of unbranched alkanes of at least 4 members (excludes halogenated alkanes) is 21. The summed E-state index contributed by atoms with van der Waals surface area (Å²) in [7, 11) is 0. The second-order valence-corrected chi connectivity index (χ2v) is 16.0. The van der Waals surface area contributed by atoms with E-state index >= 15 is 0 Å². The van der Waals surface area contributed by atoms with E-state index < -0.39 is 6.10 Å². The average molecular weight is 809 g/mol. The zero-order valence-corrected chi connectivity index (χ0v) is 38.3. The van der Waals surface area contributed by atoms with E-state index in [2.05, 4.69) is 93.7 Å². The van der Waals surface area contributed by atoms with Crippen molar-refractivity contribution in [1.29, 1.82) is 0 Å². The summed E-state index contributed by atoms with van der Waals surface area (Å²) in [4.78, 5) is 25.3. The summed E-state index contributed by atoms with van der Waals surface area (Å²) >= 11 is 0. The van der Waals surface area contributed by atoms with Crippen LogP contribution in [0, 0.1) is 0 Å². The minimum Gasteiger partial charge on any atom is -0.462 e. The second-order valence-electron chi connectivity index (χ2n) is 16.0. The number of carbonyl (C=O) groups excluding carboxylic acids is 2. The molecule has 334 valence electrons. The van der Waals surface area contributed by atoms with E-state index in [0.29, 0.717) is 19.4 Å². The molecule has 0 rings (SSSR count). The van der Waals surface area contributed by atoms with Crippen LogP contribution in [-0.2, 0) is 23.8 Å². The smallest absolute Gasteiger partial charge is 0.306 e. The number of carbonyl (C=O) groups is 2. The van der Waals surface area contributed by atoms with Gasteiger partial charge in [0.1, 0.15) is 6.61 Å². The molecule has 0 saturated heterocycles. The molecule has 5 heteroatoms. The molecule has 0 radical (unpaired) electrons. The molecule has 0 N–H and O–H groups in total. The average Bonchev–Trinajstić information content (AvgIpc) is 3.22. The molecule has 0 saturated carbocycles. The predicted molar refractivity (Wildman–Crippen MR) is 251 cm³/mol. The van der Waals surface area contributed by atoms with Gasteiger partial charge in [0.05, 0.1) is 6.61 Å². The summed E-state index contributed by atoms with van der Waals surface area (Å²) in [5, 5.41) is 0. The van der Waals surface area contributed by atoms with Gasteiger partial charge in [0.2, 0.25) is 0 Å². The van der Waals surface area contributed by atoms with Crippen LogP contribution in [0.3, 0.4) is 0 Å². The lowest BCUT2D eigenvalue weighted by Crippen LogP contribution is -2.30. The zero-order chi connectivity index (χ0) is 42.1. The van der Waals surface area contributed by atoms with Gasteiger partial charge >= 0.3 is 11.9 Å². The lowest BCUT2D eigenvalue weighted by atomic mass is 10.1. The van der Waals surface area contributed by atoms with E-state index in [4.69, 9.17) is 14.2 Å². The molecule has 0 aromatic rings. The highest BCUT2D eigenvalue weighted by Gasteiger charge is 2.17. The SMILES string of the molecule is CC/C=C\C/C=C\C/C=C\CCCCCC(=O)OCC(COCCCCCCCC/C=C\C/C=C\CCCCC)OC(=O)CCCCCCC/C=C\CCCCCC. The maximum absolute atomic E-state index is 12.8. The van der Waals surface area contributed by atoms with Crippen molar-refractivity contribution in [3.05, 3.63) is 72.9 Å². The molecule has 0 aliphatic rings. The minimum absolute atomic E-state index is 0.0604. The summed E-state index contributed by atoms with van der Waals surface area (Å²) in [6.45, 7) is 7.61. The molecule has 1 unspecified atom stereocenters. The second kappa shape index (κ2) is 48.7. The van der Waals surface area contributed by atoms with Crippen molar-refractivity contribution in [3.63, 3.8) is 0 Å². The maximum Gasteiger partial charge on any atom is 0.306 e. The quantitative estimate of drug-likeness (QED) is 0.0348. The fraction of sp³-hybridized carbons (Fsp3) is 0.736. The van der Waals surface area contributed by atoms with Crippen molar-refractivity contribution in [2.24, 2.45) is 0 Å². The third-order valence-corrected chi connectivity index (χ3v) is 10.2. The molecule has 0 aliphatic heterocycles. The van der Waals surface area contributed by atoms with Gasteiger partial charge in [0.15, 0.2) is 6.10 Å². The van der Waals surface area contributed by atoms with Crippen LogP contribution in [0.2, 0.25) is 0 Å². The van der Waals surface area contributed by atoms with Gasteiger partial charge in [0.25, 0.3) is 0 Å². The molecule has 0 aromatic carbocycles. The van der Waals surface area contributed by atoms with Gasteiger partial charge < -0.3 is 14.2 Å². The van der Waals surface area contributed by atoms with E-state index in [0.717, 1.165) is 89.9 Å². The Kier molecular flexibility index (Phi) is 46.5. The zero-order valence-electron chi connectivity index (χ0n) is 38.3. The van der Waals surface area contributed by atoms with Gasteiger partial charge in [-0.1, -0.05) is 177 Å². The van der Waals surface area contributed by atoms with E-state index in [1.165, 1.54) is 103 Å². The first kappa shape index (κ1) is 55.3. The van der Waals surface area contributed by atoms with Crippen molar-refractivity contribution in [3.8, 4) is 0 Å². The number of hydrogen-bond acceptors (Lipinski definition) is 5. The highest BCUT2D eigenvalue weighted by molar-refractivity contribution is 5.70. The van der Waals surface area contributed by atoms with Crippen LogP contribution in [0.1, 0.15) is 226 Å². The first-order chi connectivity index (χ1) is 28.6. The van der Waals surface area contributed by atoms with Gasteiger partial charge in [-0.3, -0.25) is 9.59 Å². The van der Waals surface area contributed by atoms with E-state index in [9.17, 15) is 9.59 Å². The fourth-order valence-electron chi connectivity index (χ4n) is 6.55. The molecule has 0 spiro atoms. The molecular weight excluding hydrogens is 717 g/mol. The van der Waals surface area contributed by atoms with E-state index in [1.807, 2.05) is 0 Å². The molecule has 0 fully saturated rings. The topological polar surface area (TPSA) is 61.8 Å². The first-order valence-electron chi connectivity index (χ1n) is 24.5. The monoisotopic (exact) mass is 809 g/mol. The standard InChI is InChI=1S/C53H92O5/c1-4-7-10-13-16-19-22-25-26-27-30-33-36-39-42-45-48-56-49-51(58-53(55)47-44-41-38-35-32-29-24-21-18-15-12-9-6-3)50-57-52(54)46-43-40-37-34-31-28-23-20-17-14-11-8-5-2/h8,11,16-17,19-21,24-26,28,31,51H,4-7,9-10,12-15,18,22-23,27,29-30,32-50H2,1-3H3/b11-8-,19-16-,20-17-,24-21-,26-25-,31-28-. The normalized spacial score (nSPS) is 12.8. The largest absolute Gasteiger partial charge is 0.462 e. The van der Waals surface area contributed by atoms with Crippen LogP contribution in [0.25, 0.3) is 0 Å². The first-order valence-corrected chi connectivity index (χ1v) is 24.5. The van der Waals surface area contributed by atoms with Crippen LogP contribution in [0.5, 0.6) is 0 Å². The Morgan fingerprint density at radius 1 is 0.397 bits per heavy atom. The molecule has 1 atom stereocenters. The third kappa shape index (κ3) is 46.0. The number of esters is 2. The molecule has 0 bridgehead atoms. The molecular formula is C53H92O5. The molecule has 0 aromatic heterocycles. The Bertz CT molecular complexity index is 1050. The van der Waals surface area contributed by atoms with Crippen LogP contribution < -0.4 is 0 Å². The number of allylic oxidation sites excluding steroid dienone is 12. The third-order valence-electron chi connectivity index (χ3n) is 10.2. The Balaban J connectivity index is 4.34. The Morgan fingerprint density at radius 2 is 0.776 bits per heavy atom. The highest BCUT2D eigenvalue weighted by atomic mass is 16.6. The highest BCUT2D eigenvalue weighted by Crippen LogP contribution is 2.12. The van der Waals surface area contributed by atoms with Crippen LogP contribution in [0.4, 0.5) is 0 Å².